The number of ether oxygens (including phenoxy) is 3. The number of aromatic nitrogens is 1. The molecule has 1 N–H and O–H groups in total. The van der Waals surface area contributed by atoms with Gasteiger partial charge in [-0.25, -0.2) is 9.78 Å². The monoisotopic (exact) mass is 510 g/mol. The van der Waals surface area contributed by atoms with E-state index in [-0.39, 0.29) is 5.91 Å². The molecule has 0 spiro atoms. The fraction of sp³-hybridized carbons (Fsp3) is 0.0690. The van der Waals surface area contributed by atoms with Gasteiger partial charge in [-0.2, -0.15) is 0 Å². The van der Waals surface area contributed by atoms with Crippen LogP contribution < -0.4 is 19.5 Å². The largest absolute Gasteiger partial charge is 0.496 e. The number of esters is 1. The molecule has 0 saturated heterocycles. The molecule has 4 aromatic carbocycles. The Morgan fingerprint density at radius 3 is 2.14 bits per heavy atom. The number of amides is 1. The molecule has 184 valence electrons. The number of benzene rings is 4. The molecule has 1 amide bonds. The molecular formula is C29H22N2O5S. The predicted octanol–water partition coefficient (Wildman–Crippen LogP) is 6.45. The number of hydrogen-bond acceptors (Lipinski definition) is 7. The van der Waals surface area contributed by atoms with Crippen LogP contribution >= 0.6 is 11.3 Å². The molecule has 0 fully saturated rings. The minimum absolute atomic E-state index is 0.300. The first kappa shape index (κ1) is 24.0. The number of fused-ring (bicyclic) bond motifs is 1. The zero-order chi connectivity index (χ0) is 25.8. The molecule has 0 radical (unpaired) electrons. The van der Waals surface area contributed by atoms with Crippen LogP contribution in [0.4, 0.5) is 5.69 Å². The molecule has 7 nitrogen and oxygen atoms in total. The fourth-order valence-electron chi connectivity index (χ4n) is 3.85. The molecule has 0 aliphatic heterocycles. The van der Waals surface area contributed by atoms with Crippen LogP contribution in [0.1, 0.15) is 20.7 Å². The first-order valence-electron chi connectivity index (χ1n) is 11.4. The third kappa shape index (κ3) is 5.00. The van der Waals surface area contributed by atoms with Crippen LogP contribution in [0.25, 0.3) is 20.8 Å². The van der Waals surface area contributed by atoms with Crippen LogP contribution in [-0.2, 0) is 0 Å². The molecule has 1 aromatic heterocycles. The maximum Gasteiger partial charge on any atom is 0.347 e. The molecule has 0 atom stereocenters. The SMILES string of the molecule is COc1ccccc1C(=O)Nc1ccc(OC(=O)c2ccccc2OC)c(-c2nc3ccccc3s2)c1. The van der Waals surface area contributed by atoms with E-state index in [1.54, 1.807) is 66.7 Å². The highest BCUT2D eigenvalue weighted by molar-refractivity contribution is 7.21. The van der Waals surface area contributed by atoms with Crippen molar-refractivity contribution in [3.05, 3.63) is 102 Å². The summed E-state index contributed by atoms with van der Waals surface area (Å²) in [5.41, 5.74) is 2.62. The van der Waals surface area contributed by atoms with Gasteiger partial charge in [0.2, 0.25) is 0 Å². The standard InChI is InChI=1S/C29H22N2O5S/c1-34-23-12-6-3-9-19(23)27(32)30-18-15-16-25(36-29(33)20-10-4-7-13-24(20)35-2)21(17-18)28-31-22-11-5-8-14-26(22)37-28/h3-17H,1-2H3,(H,30,32). The van der Waals surface area contributed by atoms with Gasteiger partial charge in [-0.15, -0.1) is 11.3 Å². The van der Waals surface area contributed by atoms with Gasteiger partial charge in [0.1, 0.15) is 27.8 Å². The summed E-state index contributed by atoms with van der Waals surface area (Å²) in [5.74, 6) is 0.297. The third-order valence-corrected chi connectivity index (χ3v) is 6.71. The van der Waals surface area contributed by atoms with Crippen molar-refractivity contribution in [2.24, 2.45) is 0 Å². The van der Waals surface area contributed by atoms with Gasteiger partial charge in [0.25, 0.3) is 5.91 Å². The van der Waals surface area contributed by atoms with Gasteiger partial charge in [0.05, 0.1) is 35.6 Å². The third-order valence-electron chi connectivity index (χ3n) is 5.64. The number of rotatable bonds is 7. The fourth-order valence-corrected chi connectivity index (χ4v) is 4.84. The van der Waals surface area contributed by atoms with E-state index in [1.165, 1.54) is 25.6 Å². The second kappa shape index (κ2) is 10.5. The van der Waals surface area contributed by atoms with E-state index in [2.05, 4.69) is 5.32 Å². The van der Waals surface area contributed by atoms with Crippen molar-refractivity contribution in [3.8, 4) is 27.8 Å². The number of carbonyl (C=O) groups excluding carboxylic acids is 2. The summed E-state index contributed by atoms with van der Waals surface area (Å²) in [4.78, 5) is 30.8. The number of methoxy groups -OCH3 is 2. The number of thiazole rings is 1. The van der Waals surface area contributed by atoms with Crippen LogP contribution in [0, 0.1) is 0 Å². The van der Waals surface area contributed by atoms with E-state index >= 15 is 0 Å². The minimum Gasteiger partial charge on any atom is -0.496 e. The summed E-state index contributed by atoms with van der Waals surface area (Å²) in [5, 5.41) is 3.56. The number of para-hydroxylation sites is 3. The summed E-state index contributed by atoms with van der Waals surface area (Å²) in [6, 6.07) is 26.7. The Balaban J connectivity index is 1.53. The predicted molar refractivity (Wildman–Crippen MR) is 144 cm³/mol. The van der Waals surface area contributed by atoms with Crippen LogP contribution in [0.15, 0.2) is 91.0 Å². The van der Waals surface area contributed by atoms with Gasteiger partial charge in [-0.1, -0.05) is 36.4 Å². The molecule has 0 saturated carbocycles. The summed E-state index contributed by atoms with van der Waals surface area (Å²) in [6.45, 7) is 0. The maximum absolute atomic E-state index is 13.1. The van der Waals surface area contributed by atoms with Gasteiger partial charge in [-0.3, -0.25) is 4.79 Å². The van der Waals surface area contributed by atoms with Crippen molar-refractivity contribution in [2.75, 3.05) is 19.5 Å². The molecular weight excluding hydrogens is 488 g/mol. The van der Waals surface area contributed by atoms with Crippen molar-refractivity contribution >= 4 is 39.1 Å². The van der Waals surface area contributed by atoms with Crippen molar-refractivity contribution in [3.63, 3.8) is 0 Å². The lowest BCUT2D eigenvalue weighted by atomic mass is 10.1. The average molecular weight is 511 g/mol. The van der Waals surface area contributed by atoms with Crippen LogP contribution in [0.3, 0.4) is 0 Å². The van der Waals surface area contributed by atoms with E-state index < -0.39 is 5.97 Å². The normalized spacial score (nSPS) is 10.6. The van der Waals surface area contributed by atoms with Crippen LogP contribution in [-0.4, -0.2) is 31.1 Å². The average Bonchev–Trinajstić information content (AvgIpc) is 3.38. The second-order valence-electron chi connectivity index (χ2n) is 7.94. The highest BCUT2D eigenvalue weighted by Crippen LogP contribution is 2.38. The van der Waals surface area contributed by atoms with Crippen molar-refractivity contribution in [1.29, 1.82) is 0 Å². The zero-order valence-corrected chi connectivity index (χ0v) is 20.9. The van der Waals surface area contributed by atoms with Crippen LogP contribution in [0.2, 0.25) is 0 Å². The Hall–Kier alpha value is -4.69. The van der Waals surface area contributed by atoms with Gasteiger partial charge in [-0.05, 0) is 54.6 Å². The molecule has 8 heteroatoms. The summed E-state index contributed by atoms with van der Waals surface area (Å²) < 4.78 is 17.4. The van der Waals surface area contributed by atoms with Gasteiger partial charge >= 0.3 is 5.97 Å². The molecule has 37 heavy (non-hydrogen) atoms. The number of hydrogen-bond donors (Lipinski definition) is 1. The topological polar surface area (TPSA) is 86.8 Å². The smallest absolute Gasteiger partial charge is 0.347 e. The van der Waals surface area contributed by atoms with Gasteiger partial charge < -0.3 is 19.5 Å². The highest BCUT2D eigenvalue weighted by atomic mass is 32.1. The Kier molecular flexibility index (Phi) is 6.83. The number of anilines is 1. The number of nitrogens with zero attached hydrogens (tertiary/aromatic N) is 1. The summed E-state index contributed by atoms with van der Waals surface area (Å²) in [7, 11) is 3.01. The van der Waals surface area contributed by atoms with E-state index in [0.717, 1.165) is 10.2 Å². The Morgan fingerprint density at radius 2 is 1.41 bits per heavy atom. The molecule has 0 aliphatic rings. The quantitative estimate of drug-likeness (QED) is 0.200. The molecule has 0 aliphatic carbocycles. The maximum atomic E-state index is 13.1. The van der Waals surface area contributed by atoms with E-state index in [4.69, 9.17) is 19.2 Å². The van der Waals surface area contributed by atoms with E-state index in [0.29, 0.717) is 44.6 Å². The Bertz CT molecular complexity index is 1580. The summed E-state index contributed by atoms with van der Waals surface area (Å²) in [6.07, 6.45) is 0. The van der Waals surface area contributed by atoms with E-state index in [9.17, 15) is 9.59 Å². The van der Waals surface area contributed by atoms with Crippen molar-refractivity contribution < 1.29 is 23.8 Å². The minimum atomic E-state index is -0.564. The van der Waals surface area contributed by atoms with Crippen LogP contribution in [0.5, 0.6) is 17.2 Å². The lowest BCUT2D eigenvalue weighted by molar-refractivity contribution is 0.0731. The second-order valence-corrected chi connectivity index (χ2v) is 8.97. The molecule has 0 unspecified atom stereocenters. The van der Waals surface area contributed by atoms with Gasteiger partial charge in [0, 0.05) is 5.69 Å². The lowest BCUT2D eigenvalue weighted by Crippen LogP contribution is -2.14. The van der Waals surface area contributed by atoms with Gasteiger partial charge in [0.15, 0.2) is 0 Å². The van der Waals surface area contributed by atoms with Crippen molar-refractivity contribution in [1.82, 2.24) is 4.98 Å². The zero-order valence-electron chi connectivity index (χ0n) is 20.1. The first-order chi connectivity index (χ1) is 18.1. The molecule has 0 bridgehead atoms. The van der Waals surface area contributed by atoms with Crippen molar-refractivity contribution in [2.45, 2.75) is 0 Å². The Morgan fingerprint density at radius 1 is 0.757 bits per heavy atom. The lowest BCUT2D eigenvalue weighted by Gasteiger charge is -2.13. The summed E-state index contributed by atoms with van der Waals surface area (Å²) >= 11 is 1.47. The van der Waals surface area contributed by atoms with E-state index in [1.807, 2.05) is 24.3 Å². The highest BCUT2D eigenvalue weighted by Gasteiger charge is 2.20. The molecule has 5 rings (SSSR count). The first-order valence-corrected chi connectivity index (χ1v) is 12.2. The number of nitrogens with one attached hydrogen (secondary N) is 1. The molecule has 5 aromatic rings. The Labute approximate surface area is 217 Å². The molecule has 1 heterocycles. The number of carbonyl (C=O) groups is 2.